The Hall–Kier alpha value is -0.770. The summed E-state index contributed by atoms with van der Waals surface area (Å²) in [5.41, 5.74) is -0.632. The van der Waals surface area contributed by atoms with Crippen LogP contribution in [0.3, 0.4) is 0 Å². The molecule has 1 saturated heterocycles. The lowest BCUT2D eigenvalue weighted by Gasteiger charge is -2.27. The Labute approximate surface area is 104 Å². The number of hydrogen-bond acceptors (Lipinski definition) is 3. The first-order valence-electron chi connectivity index (χ1n) is 6.38. The Morgan fingerprint density at radius 2 is 2.06 bits per heavy atom. The molecule has 1 fully saturated rings. The number of carbonyl (C=O) groups is 1. The van der Waals surface area contributed by atoms with E-state index in [-0.39, 0.29) is 11.7 Å². The first-order chi connectivity index (χ1) is 7.76. The van der Waals surface area contributed by atoms with Crippen molar-refractivity contribution in [3.05, 3.63) is 0 Å². The topological polar surface area (TPSA) is 38.8 Å². The van der Waals surface area contributed by atoms with Gasteiger partial charge in [0.1, 0.15) is 5.60 Å². The second-order valence-corrected chi connectivity index (χ2v) is 5.95. The molecule has 0 N–H and O–H groups in total. The Morgan fingerprint density at radius 1 is 1.41 bits per heavy atom. The van der Waals surface area contributed by atoms with Crippen LogP contribution in [0.5, 0.6) is 0 Å². The van der Waals surface area contributed by atoms with Crippen LogP contribution in [0.25, 0.3) is 0 Å². The van der Waals surface area contributed by atoms with Crippen LogP contribution in [0.2, 0.25) is 0 Å². The van der Waals surface area contributed by atoms with Crippen molar-refractivity contribution in [1.82, 2.24) is 4.90 Å². The molecule has 0 aromatic carbocycles. The van der Waals surface area contributed by atoms with E-state index in [4.69, 9.17) is 9.47 Å². The molecule has 0 radical (unpaired) electrons. The summed E-state index contributed by atoms with van der Waals surface area (Å²) in [6, 6.07) is 0. The van der Waals surface area contributed by atoms with Gasteiger partial charge in [-0.15, -0.1) is 0 Å². The Kier molecular flexibility index (Phi) is 4.42. The standard InChI is InChI=1S/C13H25NO3/c1-6-9-16-13(5)7-8-14(10-13)11(15)17-12(2,3)4/h6-10H2,1-5H3. The number of amides is 1. The predicted molar refractivity (Wildman–Crippen MR) is 67.1 cm³/mol. The third kappa shape index (κ3) is 4.54. The fourth-order valence-electron chi connectivity index (χ4n) is 1.88. The highest BCUT2D eigenvalue weighted by molar-refractivity contribution is 5.68. The molecule has 0 spiro atoms. The number of likely N-dealkylation sites (tertiary alicyclic amines) is 1. The van der Waals surface area contributed by atoms with Gasteiger partial charge in [-0.25, -0.2) is 4.79 Å². The van der Waals surface area contributed by atoms with E-state index >= 15 is 0 Å². The second-order valence-electron chi connectivity index (χ2n) is 5.95. The van der Waals surface area contributed by atoms with Crippen molar-refractivity contribution in [2.45, 2.75) is 58.7 Å². The van der Waals surface area contributed by atoms with Gasteiger partial charge < -0.3 is 14.4 Å². The highest BCUT2D eigenvalue weighted by Gasteiger charge is 2.38. The molecule has 4 heteroatoms. The summed E-state index contributed by atoms with van der Waals surface area (Å²) in [4.78, 5) is 13.6. The fourth-order valence-corrected chi connectivity index (χ4v) is 1.88. The maximum atomic E-state index is 11.9. The first-order valence-corrected chi connectivity index (χ1v) is 6.38. The van der Waals surface area contributed by atoms with Gasteiger partial charge in [-0.05, 0) is 40.5 Å². The van der Waals surface area contributed by atoms with Gasteiger partial charge in [0.05, 0.1) is 12.1 Å². The molecular formula is C13H25NO3. The van der Waals surface area contributed by atoms with Crippen molar-refractivity contribution in [2.24, 2.45) is 0 Å². The van der Waals surface area contributed by atoms with Gasteiger partial charge in [-0.3, -0.25) is 0 Å². The molecule has 17 heavy (non-hydrogen) atoms. The lowest BCUT2D eigenvalue weighted by Crippen LogP contribution is -2.39. The SMILES string of the molecule is CCCOC1(C)CCN(C(=O)OC(C)(C)C)C1. The minimum absolute atomic E-state index is 0.201. The largest absolute Gasteiger partial charge is 0.444 e. The van der Waals surface area contributed by atoms with E-state index in [0.29, 0.717) is 6.54 Å². The van der Waals surface area contributed by atoms with E-state index < -0.39 is 5.60 Å². The second kappa shape index (κ2) is 5.25. The number of nitrogens with zero attached hydrogens (tertiary/aromatic N) is 1. The Morgan fingerprint density at radius 3 is 2.59 bits per heavy atom. The zero-order valence-electron chi connectivity index (χ0n) is 11.7. The summed E-state index contributed by atoms with van der Waals surface area (Å²) >= 11 is 0. The lowest BCUT2D eigenvalue weighted by molar-refractivity contribution is -0.0268. The molecule has 100 valence electrons. The third-order valence-electron chi connectivity index (χ3n) is 2.74. The summed E-state index contributed by atoms with van der Waals surface area (Å²) in [5, 5.41) is 0. The van der Waals surface area contributed by atoms with Gasteiger partial charge in [0.2, 0.25) is 0 Å². The van der Waals surface area contributed by atoms with Crippen LogP contribution in [-0.4, -0.2) is 41.9 Å². The van der Waals surface area contributed by atoms with Gasteiger partial charge in [0, 0.05) is 13.2 Å². The minimum atomic E-state index is -0.430. The highest BCUT2D eigenvalue weighted by atomic mass is 16.6. The first kappa shape index (κ1) is 14.3. The zero-order valence-corrected chi connectivity index (χ0v) is 11.7. The Balaban J connectivity index is 2.47. The van der Waals surface area contributed by atoms with Crippen LogP contribution in [0, 0.1) is 0 Å². The van der Waals surface area contributed by atoms with Crippen LogP contribution in [0.15, 0.2) is 0 Å². The molecular weight excluding hydrogens is 218 g/mol. The van der Waals surface area contributed by atoms with E-state index in [1.807, 2.05) is 20.8 Å². The molecule has 0 aromatic heterocycles. The molecule has 1 aliphatic heterocycles. The van der Waals surface area contributed by atoms with Crippen molar-refractivity contribution in [1.29, 1.82) is 0 Å². The molecule has 1 atom stereocenters. The molecule has 4 nitrogen and oxygen atoms in total. The molecule has 1 heterocycles. The minimum Gasteiger partial charge on any atom is -0.444 e. The third-order valence-corrected chi connectivity index (χ3v) is 2.74. The van der Waals surface area contributed by atoms with Crippen molar-refractivity contribution < 1.29 is 14.3 Å². The van der Waals surface area contributed by atoms with Gasteiger partial charge in [-0.1, -0.05) is 6.92 Å². The maximum absolute atomic E-state index is 11.9. The quantitative estimate of drug-likeness (QED) is 0.765. The van der Waals surface area contributed by atoms with Crippen molar-refractivity contribution in [2.75, 3.05) is 19.7 Å². The summed E-state index contributed by atoms with van der Waals surface area (Å²) in [6.07, 6.45) is 1.65. The molecule has 0 saturated carbocycles. The van der Waals surface area contributed by atoms with E-state index in [9.17, 15) is 4.79 Å². The summed E-state index contributed by atoms with van der Waals surface area (Å²) in [6.45, 7) is 11.9. The molecule has 0 bridgehead atoms. The molecule has 0 aromatic rings. The van der Waals surface area contributed by atoms with Gasteiger partial charge in [-0.2, -0.15) is 0 Å². The molecule has 1 unspecified atom stereocenters. The fraction of sp³-hybridized carbons (Fsp3) is 0.923. The number of hydrogen-bond donors (Lipinski definition) is 0. The molecule has 1 amide bonds. The van der Waals surface area contributed by atoms with Crippen LogP contribution in [0.1, 0.15) is 47.5 Å². The maximum Gasteiger partial charge on any atom is 0.410 e. The predicted octanol–water partition coefficient (Wildman–Crippen LogP) is 2.81. The van der Waals surface area contributed by atoms with Crippen molar-refractivity contribution >= 4 is 6.09 Å². The van der Waals surface area contributed by atoms with E-state index in [0.717, 1.165) is 26.0 Å². The smallest absolute Gasteiger partial charge is 0.410 e. The summed E-state index contributed by atoms with van der Waals surface area (Å²) in [7, 11) is 0. The van der Waals surface area contributed by atoms with Gasteiger partial charge in [0.15, 0.2) is 0 Å². The molecule has 1 aliphatic rings. The van der Waals surface area contributed by atoms with Crippen molar-refractivity contribution in [3.63, 3.8) is 0 Å². The molecule has 1 rings (SSSR count). The summed E-state index contributed by atoms with van der Waals surface area (Å²) in [5.74, 6) is 0. The lowest BCUT2D eigenvalue weighted by atomic mass is 10.1. The van der Waals surface area contributed by atoms with Gasteiger partial charge >= 0.3 is 6.09 Å². The normalized spacial score (nSPS) is 25.1. The number of carbonyl (C=O) groups excluding carboxylic acids is 1. The highest BCUT2D eigenvalue weighted by Crippen LogP contribution is 2.26. The monoisotopic (exact) mass is 243 g/mol. The Bertz CT molecular complexity index is 272. The van der Waals surface area contributed by atoms with E-state index in [1.165, 1.54) is 0 Å². The van der Waals surface area contributed by atoms with Crippen LogP contribution in [-0.2, 0) is 9.47 Å². The van der Waals surface area contributed by atoms with Crippen molar-refractivity contribution in [3.8, 4) is 0 Å². The average Bonchev–Trinajstić information content (AvgIpc) is 2.56. The molecule has 0 aliphatic carbocycles. The van der Waals surface area contributed by atoms with Gasteiger partial charge in [0.25, 0.3) is 0 Å². The number of ether oxygens (including phenoxy) is 2. The average molecular weight is 243 g/mol. The van der Waals surface area contributed by atoms with Crippen LogP contribution in [0.4, 0.5) is 4.79 Å². The zero-order chi connectivity index (χ0) is 13.1. The summed E-state index contributed by atoms with van der Waals surface area (Å²) < 4.78 is 11.2. The van der Waals surface area contributed by atoms with E-state index in [1.54, 1.807) is 4.90 Å². The number of rotatable bonds is 3. The van der Waals surface area contributed by atoms with Crippen LogP contribution >= 0.6 is 0 Å². The van der Waals surface area contributed by atoms with Crippen LogP contribution < -0.4 is 0 Å². The van der Waals surface area contributed by atoms with E-state index in [2.05, 4.69) is 13.8 Å².